The quantitative estimate of drug-likeness (QED) is 0.876. The standard InChI is InChI=1S/C17H25NO4/c1-10(2)7-12-14(19)9-13(18-17(12)20)11-5-6-15(21-3)16(8-11)22-4/h5-6,8,10,12-14,19H,7,9H2,1-4H3,(H,18,20). The number of ether oxygens (including phenoxy) is 2. The van der Waals surface area contributed by atoms with Gasteiger partial charge in [0.1, 0.15) is 0 Å². The van der Waals surface area contributed by atoms with Gasteiger partial charge in [-0.1, -0.05) is 19.9 Å². The van der Waals surface area contributed by atoms with Gasteiger partial charge in [0.25, 0.3) is 0 Å². The van der Waals surface area contributed by atoms with Crippen molar-refractivity contribution in [1.29, 1.82) is 0 Å². The fourth-order valence-corrected chi connectivity index (χ4v) is 2.98. The Labute approximate surface area is 131 Å². The molecule has 0 radical (unpaired) electrons. The first kappa shape index (κ1) is 16.6. The van der Waals surface area contributed by atoms with Crippen molar-refractivity contribution in [2.45, 2.75) is 38.8 Å². The van der Waals surface area contributed by atoms with Crippen molar-refractivity contribution in [2.24, 2.45) is 11.8 Å². The molecule has 2 N–H and O–H groups in total. The van der Waals surface area contributed by atoms with E-state index < -0.39 is 6.10 Å². The Morgan fingerprint density at radius 1 is 1.27 bits per heavy atom. The van der Waals surface area contributed by atoms with Crippen LogP contribution in [0.3, 0.4) is 0 Å². The van der Waals surface area contributed by atoms with E-state index >= 15 is 0 Å². The third-order valence-corrected chi connectivity index (χ3v) is 4.13. The highest BCUT2D eigenvalue weighted by Gasteiger charge is 2.36. The van der Waals surface area contributed by atoms with Crippen molar-refractivity contribution >= 4 is 5.91 Å². The lowest BCUT2D eigenvalue weighted by molar-refractivity contribution is -0.134. The van der Waals surface area contributed by atoms with Crippen molar-refractivity contribution in [3.8, 4) is 11.5 Å². The maximum atomic E-state index is 12.3. The van der Waals surface area contributed by atoms with E-state index in [1.54, 1.807) is 14.2 Å². The van der Waals surface area contributed by atoms with Gasteiger partial charge in [-0.25, -0.2) is 0 Å². The number of methoxy groups -OCH3 is 2. The molecule has 122 valence electrons. The number of benzene rings is 1. The summed E-state index contributed by atoms with van der Waals surface area (Å²) in [6, 6.07) is 5.35. The largest absolute Gasteiger partial charge is 0.493 e. The Bertz CT molecular complexity index is 529. The molecule has 1 saturated heterocycles. The summed E-state index contributed by atoms with van der Waals surface area (Å²) in [5, 5.41) is 13.3. The number of amides is 1. The molecule has 1 fully saturated rings. The van der Waals surface area contributed by atoms with Crippen LogP contribution in [-0.2, 0) is 4.79 Å². The molecule has 1 aliphatic rings. The van der Waals surface area contributed by atoms with Crippen LogP contribution in [0.25, 0.3) is 0 Å². The number of aliphatic hydroxyl groups excluding tert-OH is 1. The molecule has 5 nitrogen and oxygen atoms in total. The lowest BCUT2D eigenvalue weighted by Gasteiger charge is -2.34. The fraction of sp³-hybridized carbons (Fsp3) is 0.588. The smallest absolute Gasteiger partial charge is 0.226 e. The minimum absolute atomic E-state index is 0.0766. The average molecular weight is 307 g/mol. The lowest BCUT2D eigenvalue weighted by atomic mass is 9.83. The first-order valence-corrected chi connectivity index (χ1v) is 7.66. The van der Waals surface area contributed by atoms with Crippen molar-refractivity contribution in [3.05, 3.63) is 23.8 Å². The molecule has 1 heterocycles. The number of aliphatic hydroxyl groups is 1. The highest BCUT2D eigenvalue weighted by molar-refractivity contribution is 5.80. The van der Waals surface area contributed by atoms with Gasteiger partial charge in [-0.15, -0.1) is 0 Å². The molecule has 1 aromatic rings. The maximum absolute atomic E-state index is 12.3. The molecule has 0 aliphatic carbocycles. The van der Waals surface area contributed by atoms with Gasteiger partial charge in [0.2, 0.25) is 5.91 Å². The zero-order valence-electron chi connectivity index (χ0n) is 13.6. The molecular weight excluding hydrogens is 282 g/mol. The van der Waals surface area contributed by atoms with Crippen LogP contribution in [0.5, 0.6) is 11.5 Å². The summed E-state index contributed by atoms with van der Waals surface area (Å²) in [6.07, 6.45) is 0.596. The average Bonchev–Trinajstić information content (AvgIpc) is 2.49. The topological polar surface area (TPSA) is 67.8 Å². The summed E-state index contributed by atoms with van der Waals surface area (Å²) in [5.41, 5.74) is 0.910. The van der Waals surface area contributed by atoms with Crippen LogP contribution >= 0.6 is 0 Å². The molecule has 1 aliphatic heterocycles. The first-order chi connectivity index (χ1) is 10.5. The van der Waals surface area contributed by atoms with Gasteiger partial charge < -0.3 is 19.9 Å². The summed E-state index contributed by atoms with van der Waals surface area (Å²) in [4.78, 5) is 12.3. The van der Waals surface area contributed by atoms with E-state index in [9.17, 15) is 9.90 Å². The molecule has 1 aromatic carbocycles. The van der Waals surface area contributed by atoms with Crippen molar-refractivity contribution in [3.63, 3.8) is 0 Å². The van der Waals surface area contributed by atoms with Crippen molar-refractivity contribution < 1.29 is 19.4 Å². The van der Waals surface area contributed by atoms with Gasteiger partial charge in [-0.05, 0) is 36.5 Å². The highest BCUT2D eigenvalue weighted by Crippen LogP contribution is 2.34. The second-order valence-electron chi connectivity index (χ2n) is 6.21. The van der Waals surface area contributed by atoms with E-state index in [2.05, 4.69) is 19.2 Å². The summed E-state index contributed by atoms with van der Waals surface area (Å²) in [5.74, 6) is 1.24. The fourth-order valence-electron chi connectivity index (χ4n) is 2.98. The molecule has 0 aromatic heterocycles. The number of hydrogen-bond acceptors (Lipinski definition) is 4. The van der Waals surface area contributed by atoms with Crippen LogP contribution < -0.4 is 14.8 Å². The molecule has 5 heteroatoms. The van der Waals surface area contributed by atoms with Gasteiger partial charge in [-0.2, -0.15) is 0 Å². The van der Waals surface area contributed by atoms with Gasteiger partial charge >= 0.3 is 0 Å². The van der Waals surface area contributed by atoms with E-state index in [4.69, 9.17) is 9.47 Å². The number of nitrogens with one attached hydrogen (secondary N) is 1. The van der Waals surface area contributed by atoms with E-state index in [1.807, 2.05) is 18.2 Å². The maximum Gasteiger partial charge on any atom is 0.226 e. The Morgan fingerprint density at radius 3 is 2.50 bits per heavy atom. The summed E-state index contributed by atoms with van der Waals surface area (Å²) < 4.78 is 10.5. The molecule has 2 rings (SSSR count). The molecule has 0 bridgehead atoms. The summed E-state index contributed by atoms with van der Waals surface area (Å²) >= 11 is 0. The predicted molar refractivity (Wildman–Crippen MR) is 84.0 cm³/mol. The van der Waals surface area contributed by atoms with Crippen LogP contribution in [0.15, 0.2) is 18.2 Å². The minimum Gasteiger partial charge on any atom is -0.493 e. The molecule has 0 saturated carbocycles. The van der Waals surface area contributed by atoms with Gasteiger partial charge in [0, 0.05) is 0 Å². The molecule has 22 heavy (non-hydrogen) atoms. The van der Waals surface area contributed by atoms with E-state index in [0.717, 1.165) is 5.56 Å². The molecule has 1 amide bonds. The van der Waals surface area contributed by atoms with Crippen LogP contribution in [0, 0.1) is 11.8 Å². The second kappa shape index (κ2) is 7.01. The van der Waals surface area contributed by atoms with Gasteiger partial charge in [0.15, 0.2) is 11.5 Å². The summed E-state index contributed by atoms with van der Waals surface area (Å²) in [6.45, 7) is 4.11. The Hall–Kier alpha value is -1.75. The first-order valence-electron chi connectivity index (χ1n) is 7.66. The van der Waals surface area contributed by atoms with E-state index in [1.165, 1.54) is 0 Å². The molecule has 3 unspecified atom stereocenters. The summed E-state index contributed by atoms with van der Waals surface area (Å²) in [7, 11) is 3.16. The zero-order chi connectivity index (χ0) is 16.3. The third-order valence-electron chi connectivity index (χ3n) is 4.13. The molecule has 0 spiro atoms. The predicted octanol–water partition coefficient (Wildman–Crippen LogP) is 2.29. The second-order valence-corrected chi connectivity index (χ2v) is 6.21. The van der Waals surface area contributed by atoms with Crippen LogP contribution in [0.2, 0.25) is 0 Å². The minimum atomic E-state index is -0.616. The van der Waals surface area contributed by atoms with Crippen LogP contribution in [-0.4, -0.2) is 31.3 Å². The molecular formula is C17H25NO4. The number of carbonyl (C=O) groups is 1. The molecule has 3 atom stereocenters. The number of rotatable bonds is 5. The monoisotopic (exact) mass is 307 g/mol. The van der Waals surface area contributed by atoms with E-state index in [0.29, 0.717) is 30.3 Å². The Kier molecular flexibility index (Phi) is 5.29. The number of hydrogen-bond donors (Lipinski definition) is 2. The third kappa shape index (κ3) is 3.53. The highest BCUT2D eigenvalue weighted by atomic mass is 16.5. The number of piperidine rings is 1. The van der Waals surface area contributed by atoms with Gasteiger partial charge in [0.05, 0.1) is 32.3 Å². The normalized spacial score (nSPS) is 25.0. The van der Waals surface area contributed by atoms with Crippen LogP contribution in [0.4, 0.5) is 0 Å². The van der Waals surface area contributed by atoms with E-state index in [-0.39, 0.29) is 17.9 Å². The zero-order valence-corrected chi connectivity index (χ0v) is 13.6. The van der Waals surface area contributed by atoms with Crippen molar-refractivity contribution in [2.75, 3.05) is 14.2 Å². The Balaban J connectivity index is 2.16. The van der Waals surface area contributed by atoms with Crippen molar-refractivity contribution in [1.82, 2.24) is 5.32 Å². The SMILES string of the molecule is COc1ccc(C2CC(O)C(CC(C)C)C(=O)N2)cc1OC. The van der Waals surface area contributed by atoms with Gasteiger partial charge in [-0.3, -0.25) is 4.79 Å². The lowest BCUT2D eigenvalue weighted by Crippen LogP contribution is -2.47. The number of carbonyl (C=O) groups excluding carboxylic acids is 1. The van der Waals surface area contributed by atoms with Crippen LogP contribution in [0.1, 0.15) is 38.3 Å². The Morgan fingerprint density at radius 2 is 1.95 bits per heavy atom.